The molecule has 126 valence electrons. The fourth-order valence-electron chi connectivity index (χ4n) is 2.17. The summed E-state index contributed by atoms with van der Waals surface area (Å²) in [6.07, 6.45) is 1.54. The lowest BCUT2D eigenvalue weighted by Crippen LogP contribution is -2.34. The first-order chi connectivity index (χ1) is 11.7. The largest absolute Gasteiger partial charge is 0.386 e. The zero-order valence-corrected chi connectivity index (χ0v) is 14.5. The van der Waals surface area contributed by atoms with Crippen LogP contribution in [0.5, 0.6) is 0 Å². The number of ether oxygens (including phenoxy) is 1. The summed E-state index contributed by atoms with van der Waals surface area (Å²) in [5, 5.41) is 10.2. The summed E-state index contributed by atoms with van der Waals surface area (Å²) in [6.45, 7) is 2.20. The van der Waals surface area contributed by atoms with Crippen LogP contribution >= 0.6 is 11.8 Å². The Balaban J connectivity index is 2.04. The van der Waals surface area contributed by atoms with Gasteiger partial charge in [0.25, 0.3) is 0 Å². The lowest BCUT2D eigenvalue weighted by atomic mass is 10.1. The number of carbonyl (C=O) groups is 1. The van der Waals surface area contributed by atoms with Gasteiger partial charge < -0.3 is 9.84 Å². The van der Waals surface area contributed by atoms with Crippen LogP contribution in [0.1, 0.15) is 18.1 Å². The van der Waals surface area contributed by atoms with Gasteiger partial charge in [-0.05, 0) is 16.9 Å². The molecule has 2 aromatic rings. The highest BCUT2D eigenvalue weighted by Gasteiger charge is 2.26. The predicted molar refractivity (Wildman–Crippen MR) is 99.6 cm³/mol. The van der Waals surface area contributed by atoms with E-state index >= 15 is 0 Å². The van der Waals surface area contributed by atoms with E-state index in [-0.39, 0.29) is 11.7 Å². The summed E-state index contributed by atoms with van der Waals surface area (Å²) in [4.78, 5) is 12.3. The lowest BCUT2D eigenvalue weighted by molar-refractivity contribution is -0.128. The van der Waals surface area contributed by atoms with E-state index in [1.54, 1.807) is 12.2 Å². The van der Waals surface area contributed by atoms with E-state index in [2.05, 4.69) is 0 Å². The summed E-state index contributed by atoms with van der Waals surface area (Å²) in [5.74, 6) is 0.652. The van der Waals surface area contributed by atoms with E-state index in [0.29, 0.717) is 5.75 Å². The van der Waals surface area contributed by atoms with Crippen LogP contribution in [0.2, 0.25) is 0 Å². The highest BCUT2D eigenvalue weighted by molar-refractivity contribution is 8.13. The van der Waals surface area contributed by atoms with E-state index in [1.165, 1.54) is 11.8 Å². The lowest BCUT2D eigenvalue weighted by Gasteiger charge is -2.19. The van der Waals surface area contributed by atoms with E-state index in [1.807, 2.05) is 67.6 Å². The summed E-state index contributed by atoms with van der Waals surface area (Å²) >= 11 is 1.17. The third-order valence-corrected chi connectivity index (χ3v) is 4.19. The monoisotopic (exact) mass is 342 g/mol. The Kier molecular flexibility index (Phi) is 7.75. The molecule has 0 unspecified atom stereocenters. The van der Waals surface area contributed by atoms with Crippen LogP contribution in [-0.4, -0.2) is 28.2 Å². The number of aliphatic hydroxyl groups excluding tert-OH is 1. The molecule has 24 heavy (non-hydrogen) atoms. The van der Waals surface area contributed by atoms with Gasteiger partial charge in [-0.3, -0.25) is 4.79 Å². The van der Waals surface area contributed by atoms with Crippen LogP contribution in [0.15, 0.2) is 66.7 Å². The van der Waals surface area contributed by atoms with Gasteiger partial charge in [0.2, 0.25) is 5.12 Å². The first-order valence-corrected chi connectivity index (χ1v) is 8.92. The SMILES string of the molecule is CCSC(=O)[C@H](OCc1ccccc1)[C@H](O)/C=C/c1ccccc1. The van der Waals surface area contributed by atoms with Crippen LogP contribution in [0, 0.1) is 0 Å². The van der Waals surface area contributed by atoms with E-state index < -0.39 is 12.2 Å². The van der Waals surface area contributed by atoms with Crippen molar-refractivity contribution in [3.63, 3.8) is 0 Å². The molecule has 0 saturated heterocycles. The van der Waals surface area contributed by atoms with Gasteiger partial charge in [-0.1, -0.05) is 91.5 Å². The van der Waals surface area contributed by atoms with Gasteiger partial charge in [-0.2, -0.15) is 0 Å². The second kappa shape index (κ2) is 10.1. The fourth-order valence-corrected chi connectivity index (χ4v) is 2.82. The smallest absolute Gasteiger partial charge is 0.220 e. The minimum absolute atomic E-state index is 0.154. The predicted octanol–water partition coefficient (Wildman–Crippen LogP) is 3.93. The topological polar surface area (TPSA) is 46.5 Å². The average Bonchev–Trinajstić information content (AvgIpc) is 2.62. The van der Waals surface area contributed by atoms with Gasteiger partial charge in [0.15, 0.2) is 6.10 Å². The zero-order valence-electron chi connectivity index (χ0n) is 13.7. The molecule has 0 heterocycles. The summed E-state index contributed by atoms with van der Waals surface area (Å²) in [5.41, 5.74) is 1.94. The van der Waals surface area contributed by atoms with Gasteiger partial charge in [-0.25, -0.2) is 0 Å². The normalized spacial score (nSPS) is 13.8. The Morgan fingerprint density at radius 2 is 1.75 bits per heavy atom. The molecular formula is C20H22O3S. The molecule has 0 aromatic heterocycles. The minimum Gasteiger partial charge on any atom is -0.386 e. The Labute approximate surface area is 147 Å². The molecule has 0 saturated carbocycles. The van der Waals surface area contributed by atoms with E-state index in [9.17, 15) is 9.90 Å². The molecule has 0 aliphatic rings. The van der Waals surface area contributed by atoms with Crippen LogP contribution in [0.25, 0.3) is 6.08 Å². The molecule has 2 atom stereocenters. The van der Waals surface area contributed by atoms with E-state index in [4.69, 9.17) is 4.74 Å². The standard InChI is InChI=1S/C20H22O3S/c1-2-24-20(22)19(23-15-17-11-7-4-8-12-17)18(21)14-13-16-9-5-3-6-10-16/h3-14,18-19,21H,2,15H2,1H3/b14-13+/t18-,19-/m1/s1. The van der Waals surface area contributed by atoms with Crippen LogP contribution in [0.4, 0.5) is 0 Å². The second-order valence-electron chi connectivity index (χ2n) is 5.23. The van der Waals surface area contributed by atoms with Gasteiger partial charge in [0.1, 0.15) is 6.10 Å². The van der Waals surface area contributed by atoms with Gasteiger partial charge in [0.05, 0.1) is 6.61 Å². The molecule has 0 radical (unpaired) electrons. The van der Waals surface area contributed by atoms with Gasteiger partial charge in [-0.15, -0.1) is 0 Å². The first-order valence-electron chi connectivity index (χ1n) is 7.94. The van der Waals surface area contributed by atoms with Crippen LogP contribution in [0.3, 0.4) is 0 Å². The van der Waals surface area contributed by atoms with Crippen molar-refractivity contribution >= 4 is 23.0 Å². The maximum absolute atomic E-state index is 12.3. The number of rotatable bonds is 8. The third-order valence-electron chi connectivity index (χ3n) is 3.39. The Hall–Kier alpha value is -1.88. The van der Waals surface area contributed by atoms with Crippen molar-refractivity contribution in [3.8, 4) is 0 Å². The quantitative estimate of drug-likeness (QED) is 0.790. The number of benzene rings is 2. The number of thioether (sulfide) groups is 1. The molecule has 2 rings (SSSR count). The highest BCUT2D eigenvalue weighted by atomic mass is 32.2. The highest BCUT2D eigenvalue weighted by Crippen LogP contribution is 2.16. The number of carbonyl (C=O) groups excluding carboxylic acids is 1. The zero-order chi connectivity index (χ0) is 17.2. The molecule has 0 aliphatic carbocycles. The van der Waals surface area contributed by atoms with E-state index in [0.717, 1.165) is 11.1 Å². The maximum Gasteiger partial charge on any atom is 0.220 e. The van der Waals surface area contributed by atoms with Crippen molar-refractivity contribution in [3.05, 3.63) is 77.9 Å². The summed E-state index contributed by atoms with van der Waals surface area (Å²) in [6, 6.07) is 19.3. The summed E-state index contributed by atoms with van der Waals surface area (Å²) < 4.78 is 5.72. The van der Waals surface area contributed by atoms with Crippen LogP contribution in [-0.2, 0) is 16.1 Å². The van der Waals surface area contributed by atoms with Crippen molar-refractivity contribution in [1.82, 2.24) is 0 Å². The van der Waals surface area contributed by atoms with Crippen molar-refractivity contribution in [2.45, 2.75) is 25.7 Å². The maximum atomic E-state index is 12.3. The Morgan fingerprint density at radius 1 is 1.12 bits per heavy atom. The average molecular weight is 342 g/mol. The molecular weight excluding hydrogens is 320 g/mol. The number of hydrogen-bond donors (Lipinski definition) is 1. The van der Waals surface area contributed by atoms with Crippen molar-refractivity contribution in [1.29, 1.82) is 0 Å². The van der Waals surface area contributed by atoms with Gasteiger partial charge in [0, 0.05) is 0 Å². The molecule has 1 N–H and O–H groups in total. The number of hydrogen-bond acceptors (Lipinski definition) is 4. The molecule has 0 amide bonds. The van der Waals surface area contributed by atoms with Crippen molar-refractivity contribution in [2.75, 3.05) is 5.75 Å². The minimum atomic E-state index is -0.986. The molecule has 0 aliphatic heterocycles. The van der Waals surface area contributed by atoms with Crippen molar-refractivity contribution in [2.24, 2.45) is 0 Å². The molecule has 0 spiro atoms. The van der Waals surface area contributed by atoms with Crippen LogP contribution < -0.4 is 0 Å². The molecule has 0 bridgehead atoms. The Bertz CT molecular complexity index is 640. The summed E-state index contributed by atoms with van der Waals surface area (Å²) in [7, 11) is 0. The Morgan fingerprint density at radius 3 is 2.38 bits per heavy atom. The second-order valence-corrected chi connectivity index (χ2v) is 6.50. The third kappa shape index (κ3) is 5.96. The molecule has 3 nitrogen and oxygen atoms in total. The first kappa shape index (κ1) is 18.5. The fraction of sp³-hybridized carbons (Fsp3) is 0.250. The van der Waals surface area contributed by atoms with Gasteiger partial charge >= 0.3 is 0 Å². The molecule has 0 fully saturated rings. The number of aliphatic hydroxyl groups is 1. The molecule has 2 aromatic carbocycles. The molecule has 4 heteroatoms. The van der Waals surface area contributed by atoms with Crippen molar-refractivity contribution < 1.29 is 14.6 Å².